The van der Waals surface area contributed by atoms with Crippen LogP contribution in [0.3, 0.4) is 0 Å². The molecule has 0 radical (unpaired) electrons. The van der Waals surface area contributed by atoms with Crippen molar-refractivity contribution in [3.05, 3.63) is 58.9 Å². The lowest BCUT2D eigenvalue weighted by Gasteiger charge is -2.10. The van der Waals surface area contributed by atoms with E-state index in [0.29, 0.717) is 21.9 Å². The van der Waals surface area contributed by atoms with Gasteiger partial charge in [-0.05, 0) is 24.3 Å². The van der Waals surface area contributed by atoms with E-state index in [9.17, 15) is 8.78 Å². The number of fused-ring (bicyclic) bond motifs is 1. The Labute approximate surface area is 123 Å². The van der Waals surface area contributed by atoms with Gasteiger partial charge in [0.05, 0.1) is 27.6 Å². The van der Waals surface area contributed by atoms with E-state index in [0.717, 1.165) is 18.2 Å². The molecule has 0 aliphatic rings. The number of hydrogen-bond donors (Lipinski definition) is 0. The summed E-state index contributed by atoms with van der Waals surface area (Å²) in [7, 11) is 0. The Bertz CT molecular complexity index is 799. The highest BCUT2D eigenvalue weighted by Gasteiger charge is 2.17. The minimum Gasteiger partial charge on any atom is -0.291 e. The summed E-state index contributed by atoms with van der Waals surface area (Å²) in [6.45, 7) is 0. The number of imidazole rings is 1. The van der Waals surface area contributed by atoms with Gasteiger partial charge in [0, 0.05) is 6.07 Å². The summed E-state index contributed by atoms with van der Waals surface area (Å²) in [6.07, 6.45) is 0. The predicted molar refractivity (Wildman–Crippen MR) is 75.6 cm³/mol. The molecule has 0 saturated carbocycles. The molecule has 2 nitrogen and oxygen atoms in total. The van der Waals surface area contributed by atoms with Crippen molar-refractivity contribution in [1.29, 1.82) is 0 Å². The van der Waals surface area contributed by atoms with Crippen LogP contribution in [0, 0.1) is 11.6 Å². The zero-order valence-electron chi connectivity index (χ0n) is 10.1. The summed E-state index contributed by atoms with van der Waals surface area (Å²) in [5.41, 5.74) is 1.13. The highest BCUT2D eigenvalue weighted by atomic mass is 35.5. The van der Waals surface area contributed by atoms with Gasteiger partial charge >= 0.3 is 0 Å². The largest absolute Gasteiger partial charge is 0.291 e. The number of halogens is 4. The number of rotatable bonds is 2. The van der Waals surface area contributed by atoms with E-state index >= 15 is 0 Å². The van der Waals surface area contributed by atoms with E-state index in [4.69, 9.17) is 23.2 Å². The molecule has 20 heavy (non-hydrogen) atoms. The SMILES string of the molecule is Fc1ccc(F)c(-n2c(CCl)nc3cccc(Cl)c32)c1. The van der Waals surface area contributed by atoms with Crippen LogP contribution >= 0.6 is 23.2 Å². The van der Waals surface area contributed by atoms with E-state index in [1.54, 1.807) is 18.2 Å². The van der Waals surface area contributed by atoms with Crippen LogP contribution in [0.1, 0.15) is 5.82 Å². The maximum Gasteiger partial charge on any atom is 0.147 e. The molecule has 2 aromatic carbocycles. The zero-order chi connectivity index (χ0) is 14.3. The molecule has 3 aromatic rings. The first kappa shape index (κ1) is 13.3. The molecule has 0 spiro atoms. The van der Waals surface area contributed by atoms with E-state index in [1.807, 2.05) is 0 Å². The fourth-order valence-corrected chi connectivity index (χ4v) is 2.57. The first-order chi connectivity index (χ1) is 9.61. The number of aromatic nitrogens is 2. The molecule has 1 aromatic heterocycles. The Hall–Kier alpha value is -1.65. The van der Waals surface area contributed by atoms with Crippen molar-refractivity contribution in [2.24, 2.45) is 0 Å². The van der Waals surface area contributed by atoms with Gasteiger partial charge < -0.3 is 0 Å². The van der Waals surface area contributed by atoms with Gasteiger partial charge in [0.25, 0.3) is 0 Å². The standard InChI is InChI=1S/C14H8Cl2F2N2/c15-7-13-19-11-3-1-2-9(16)14(11)20(13)12-6-8(17)4-5-10(12)18/h1-6H,7H2. The number of para-hydroxylation sites is 1. The summed E-state index contributed by atoms with van der Waals surface area (Å²) in [6, 6.07) is 8.35. The first-order valence-corrected chi connectivity index (χ1v) is 6.70. The molecule has 0 aliphatic heterocycles. The Balaban J connectivity index is 2.42. The molecule has 3 rings (SSSR count). The quantitative estimate of drug-likeness (QED) is 0.627. The third-order valence-corrected chi connectivity index (χ3v) is 3.51. The predicted octanol–water partition coefficient (Wildman–Crippen LogP) is 4.70. The van der Waals surface area contributed by atoms with Crippen LogP contribution in [0.15, 0.2) is 36.4 Å². The lowest BCUT2D eigenvalue weighted by molar-refractivity contribution is 0.592. The first-order valence-electron chi connectivity index (χ1n) is 5.79. The molecular formula is C14H8Cl2F2N2. The van der Waals surface area contributed by atoms with Crippen LogP contribution in [-0.4, -0.2) is 9.55 Å². The average molecular weight is 313 g/mol. The van der Waals surface area contributed by atoms with Crippen molar-refractivity contribution in [3.63, 3.8) is 0 Å². The monoisotopic (exact) mass is 312 g/mol. The highest BCUT2D eigenvalue weighted by molar-refractivity contribution is 6.35. The van der Waals surface area contributed by atoms with Crippen molar-refractivity contribution in [2.75, 3.05) is 0 Å². The van der Waals surface area contributed by atoms with Crippen molar-refractivity contribution in [2.45, 2.75) is 5.88 Å². The maximum absolute atomic E-state index is 14.0. The fraction of sp³-hybridized carbons (Fsp3) is 0.0714. The van der Waals surface area contributed by atoms with Crippen molar-refractivity contribution < 1.29 is 8.78 Å². The van der Waals surface area contributed by atoms with Crippen LogP contribution in [0.4, 0.5) is 8.78 Å². The summed E-state index contributed by atoms with van der Waals surface area (Å²) >= 11 is 12.0. The summed E-state index contributed by atoms with van der Waals surface area (Å²) < 4.78 is 28.9. The Morgan fingerprint density at radius 2 is 1.95 bits per heavy atom. The second kappa shape index (κ2) is 5.04. The molecule has 0 atom stereocenters. The summed E-state index contributed by atoms with van der Waals surface area (Å²) in [4.78, 5) is 4.30. The van der Waals surface area contributed by atoms with Gasteiger partial charge in [0.2, 0.25) is 0 Å². The molecule has 0 aliphatic carbocycles. The van der Waals surface area contributed by atoms with Gasteiger partial charge in [-0.25, -0.2) is 13.8 Å². The number of nitrogens with zero attached hydrogens (tertiary/aromatic N) is 2. The third-order valence-electron chi connectivity index (χ3n) is 2.97. The molecular weight excluding hydrogens is 305 g/mol. The van der Waals surface area contributed by atoms with E-state index < -0.39 is 11.6 Å². The molecule has 1 heterocycles. The van der Waals surface area contributed by atoms with Gasteiger partial charge in [0.15, 0.2) is 0 Å². The second-order valence-corrected chi connectivity index (χ2v) is 4.87. The van der Waals surface area contributed by atoms with Gasteiger partial charge in [-0.1, -0.05) is 17.7 Å². The Morgan fingerprint density at radius 3 is 2.70 bits per heavy atom. The van der Waals surface area contributed by atoms with Crippen LogP contribution in [-0.2, 0) is 5.88 Å². The van der Waals surface area contributed by atoms with E-state index in [2.05, 4.69) is 4.98 Å². The highest BCUT2D eigenvalue weighted by Crippen LogP contribution is 2.29. The molecule has 0 bridgehead atoms. The summed E-state index contributed by atoms with van der Waals surface area (Å²) in [5.74, 6) is -0.659. The van der Waals surface area contributed by atoms with Gasteiger partial charge in [-0.15, -0.1) is 11.6 Å². The fourth-order valence-electron chi connectivity index (χ4n) is 2.14. The Kier molecular flexibility index (Phi) is 3.36. The van der Waals surface area contributed by atoms with E-state index in [-0.39, 0.29) is 11.6 Å². The van der Waals surface area contributed by atoms with Crippen molar-refractivity contribution >= 4 is 34.2 Å². The smallest absolute Gasteiger partial charge is 0.147 e. The Morgan fingerprint density at radius 1 is 1.15 bits per heavy atom. The lowest BCUT2D eigenvalue weighted by atomic mass is 10.2. The summed E-state index contributed by atoms with van der Waals surface area (Å²) in [5, 5.41) is 0.398. The molecule has 0 fully saturated rings. The maximum atomic E-state index is 14.0. The van der Waals surface area contributed by atoms with Crippen LogP contribution < -0.4 is 0 Å². The van der Waals surface area contributed by atoms with Crippen molar-refractivity contribution in [3.8, 4) is 5.69 Å². The third kappa shape index (κ3) is 2.05. The van der Waals surface area contributed by atoms with Gasteiger partial charge in [-0.2, -0.15) is 0 Å². The van der Waals surface area contributed by atoms with Gasteiger partial charge in [-0.3, -0.25) is 4.57 Å². The second-order valence-electron chi connectivity index (χ2n) is 4.20. The van der Waals surface area contributed by atoms with Crippen LogP contribution in [0.2, 0.25) is 5.02 Å². The lowest BCUT2D eigenvalue weighted by Crippen LogP contribution is -2.03. The van der Waals surface area contributed by atoms with Crippen LogP contribution in [0.25, 0.3) is 16.7 Å². The normalized spacial score (nSPS) is 11.2. The molecule has 6 heteroatoms. The molecule has 0 N–H and O–H groups in total. The number of benzene rings is 2. The number of alkyl halides is 1. The molecule has 102 valence electrons. The minimum absolute atomic E-state index is 0.0382. The number of hydrogen-bond acceptors (Lipinski definition) is 1. The zero-order valence-corrected chi connectivity index (χ0v) is 11.6. The molecule has 0 amide bonds. The van der Waals surface area contributed by atoms with Crippen molar-refractivity contribution in [1.82, 2.24) is 9.55 Å². The minimum atomic E-state index is -0.572. The van der Waals surface area contributed by atoms with Crippen LogP contribution in [0.5, 0.6) is 0 Å². The average Bonchev–Trinajstić information content (AvgIpc) is 2.81. The molecule has 0 saturated heterocycles. The van der Waals surface area contributed by atoms with E-state index in [1.165, 1.54) is 4.57 Å². The van der Waals surface area contributed by atoms with Gasteiger partial charge in [0.1, 0.15) is 17.5 Å². The topological polar surface area (TPSA) is 17.8 Å². The molecule has 0 unspecified atom stereocenters.